The maximum Gasteiger partial charge on any atom is 0.401 e. The Kier molecular flexibility index (Phi) is 5.25. The molecule has 0 radical (unpaired) electrons. The second-order valence-corrected chi connectivity index (χ2v) is 5.05. The van der Waals surface area contributed by atoms with Crippen LogP contribution < -0.4 is 5.32 Å². The van der Waals surface area contributed by atoms with Crippen LogP contribution in [0.15, 0.2) is 0 Å². The van der Waals surface area contributed by atoms with Crippen LogP contribution >= 0.6 is 0 Å². The maximum atomic E-state index is 12.4. The number of hydrogen-bond acceptors (Lipinski definition) is 2. The van der Waals surface area contributed by atoms with Crippen LogP contribution in [0, 0.1) is 5.41 Å². The van der Waals surface area contributed by atoms with Gasteiger partial charge in [0, 0.05) is 13.1 Å². The quantitative estimate of drug-likeness (QED) is 0.809. The lowest BCUT2D eigenvalue weighted by molar-refractivity contribution is -0.149. The minimum atomic E-state index is -4.09. The highest BCUT2D eigenvalue weighted by Gasteiger charge is 2.36. The van der Waals surface area contributed by atoms with Crippen LogP contribution in [0.2, 0.25) is 0 Å². The van der Waals surface area contributed by atoms with Gasteiger partial charge in [-0.1, -0.05) is 13.8 Å². The fourth-order valence-electron chi connectivity index (χ4n) is 2.59. The second kappa shape index (κ2) is 6.05. The Hall–Kier alpha value is -0.290. The topological polar surface area (TPSA) is 15.3 Å². The molecule has 1 N–H and O–H groups in total. The van der Waals surface area contributed by atoms with Crippen LogP contribution in [-0.4, -0.2) is 43.8 Å². The van der Waals surface area contributed by atoms with Gasteiger partial charge in [0.1, 0.15) is 0 Å². The third-order valence-electron chi connectivity index (χ3n) is 3.72. The van der Waals surface area contributed by atoms with Crippen LogP contribution in [0.3, 0.4) is 0 Å². The van der Waals surface area contributed by atoms with Crippen LogP contribution in [-0.2, 0) is 0 Å². The van der Waals surface area contributed by atoms with Crippen LogP contribution in [0.25, 0.3) is 0 Å². The molecule has 0 amide bonds. The molecule has 1 aliphatic rings. The summed E-state index contributed by atoms with van der Waals surface area (Å²) in [6.07, 6.45) is -1.05. The highest BCUT2D eigenvalue weighted by atomic mass is 19.4. The van der Waals surface area contributed by atoms with Crippen molar-refractivity contribution < 1.29 is 13.2 Å². The van der Waals surface area contributed by atoms with Gasteiger partial charge in [-0.2, -0.15) is 13.2 Å². The molecule has 0 saturated carbocycles. The number of piperidine rings is 1. The molecule has 0 bridgehead atoms. The fraction of sp³-hybridized carbons (Fsp3) is 1.00. The highest BCUT2D eigenvalue weighted by molar-refractivity contribution is 4.87. The first-order valence-electron chi connectivity index (χ1n) is 6.40. The Morgan fingerprint density at radius 1 is 1.29 bits per heavy atom. The Morgan fingerprint density at radius 3 is 2.41 bits per heavy atom. The predicted molar refractivity (Wildman–Crippen MR) is 63.0 cm³/mol. The van der Waals surface area contributed by atoms with E-state index in [1.165, 1.54) is 4.90 Å². The van der Waals surface area contributed by atoms with E-state index in [1.807, 2.05) is 0 Å². The van der Waals surface area contributed by atoms with E-state index < -0.39 is 12.7 Å². The van der Waals surface area contributed by atoms with Crippen molar-refractivity contribution in [2.24, 2.45) is 5.41 Å². The fourth-order valence-corrected chi connectivity index (χ4v) is 2.59. The van der Waals surface area contributed by atoms with E-state index in [0.717, 1.165) is 32.4 Å². The summed E-state index contributed by atoms with van der Waals surface area (Å²) in [5.41, 5.74) is 0.0273. The number of nitrogens with one attached hydrogen (secondary N) is 1. The Balaban J connectivity index is 2.58. The number of rotatable bonds is 5. The molecule has 0 aromatic heterocycles. The highest BCUT2D eigenvalue weighted by Crippen LogP contribution is 2.31. The van der Waals surface area contributed by atoms with Gasteiger partial charge in [0.15, 0.2) is 0 Å². The molecule has 1 heterocycles. The van der Waals surface area contributed by atoms with Crippen molar-refractivity contribution >= 4 is 0 Å². The van der Waals surface area contributed by atoms with Crippen LogP contribution in [0.4, 0.5) is 13.2 Å². The Labute approximate surface area is 102 Å². The zero-order valence-corrected chi connectivity index (χ0v) is 10.7. The average molecular weight is 252 g/mol. The molecule has 5 heteroatoms. The number of hydrogen-bond donors (Lipinski definition) is 1. The molecule has 1 aliphatic heterocycles. The molecule has 102 valence electrons. The van der Waals surface area contributed by atoms with E-state index in [4.69, 9.17) is 0 Å². The summed E-state index contributed by atoms with van der Waals surface area (Å²) in [6.45, 7) is 5.93. The first-order valence-corrected chi connectivity index (χ1v) is 6.40. The van der Waals surface area contributed by atoms with Gasteiger partial charge < -0.3 is 5.32 Å². The van der Waals surface area contributed by atoms with Gasteiger partial charge >= 0.3 is 6.18 Å². The lowest BCUT2D eigenvalue weighted by Gasteiger charge is -2.41. The maximum absolute atomic E-state index is 12.4. The molecule has 0 aliphatic carbocycles. The lowest BCUT2D eigenvalue weighted by Crippen LogP contribution is -2.49. The average Bonchev–Trinajstić information content (AvgIpc) is 2.27. The molecule has 0 spiro atoms. The standard InChI is InChI=1S/C12H23F3N2/c1-3-11(6-5-7-16-8-11)9-17(4-2)10-12(13,14)15/h16H,3-10H2,1-2H3. The third kappa shape index (κ3) is 4.84. The van der Waals surface area contributed by atoms with Gasteiger partial charge in [0.25, 0.3) is 0 Å². The number of halogens is 3. The molecule has 1 atom stereocenters. The molecule has 0 aromatic carbocycles. The molecule has 2 nitrogen and oxygen atoms in total. The van der Waals surface area contributed by atoms with Crippen molar-refractivity contribution in [3.8, 4) is 0 Å². The first-order chi connectivity index (χ1) is 7.91. The van der Waals surface area contributed by atoms with Crippen molar-refractivity contribution in [3.05, 3.63) is 0 Å². The van der Waals surface area contributed by atoms with Gasteiger partial charge in [-0.3, -0.25) is 4.90 Å². The van der Waals surface area contributed by atoms with Crippen molar-refractivity contribution in [2.75, 3.05) is 32.7 Å². The summed E-state index contributed by atoms with van der Waals surface area (Å²) < 4.78 is 37.3. The van der Waals surface area contributed by atoms with Crippen molar-refractivity contribution in [1.29, 1.82) is 0 Å². The molecular weight excluding hydrogens is 229 g/mol. The van der Waals surface area contributed by atoms with Gasteiger partial charge in [-0.05, 0) is 37.8 Å². The van der Waals surface area contributed by atoms with Gasteiger partial charge in [0.05, 0.1) is 6.54 Å². The smallest absolute Gasteiger partial charge is 0.316 e. The third-order valence-corrected chi connectivity index (χ3v) is 3.72. The van der Waals surface area contributed by atoms with Crippen molar-refractivity contribution in [1.82, 2.24) is 10.2 Å². The van der Waals surface area contributed by atoms with E-state index in [-0.39, 0.29) is 5.41 Å². The first kappa shape index (κ1) is 14.8. The summed E-state index contributed by atoms with van der Waals surface area (Å²) in [5.74, 6) is 0. The summed E-state index contributed by atoms with van der Waals surface area (Å²) in [4.78, 5) is 1.52. The van der Waals surface area contributed by atoms with Gasteiger partial charge in [-0.15, -0.1) is 0 Å². The van der Waals surface area contributed by atoms with Gasteiger partial charge in [0.2, 0.25) is 0 Å². The number of nitrogens with zero attached hydrogens (tertiary/aromatic N) is 1. The molecule has 1 rings (SSSR count). The van der Waals surface area contributed by atoms with Crippen LogP contribution in [0.5, 0.6) is 0 Å². The Bertz CT molecular complexity index is 222. The van der Waals surface area contributed by atoms with E-state index in [0.29, 0.717) is 13.1 Å². The summed E-state index contributed by atoms with van der Waals surface area (Å²) in [6, 6.07) is 0. The largest absolute Gasteiger partial charge is 0.401 e. The second-order valence-electron chi connectivity index (χ2n) is 5.05. The lowest BCUT2D eigenvalue weighted by atomic mass is 9.78. The van der Waals surface area contributed by atoms with Crippen molar-refractivity contribution in [2.45, 2.75) is 39.3 Å². The molecular formula is C12H23F3N2. The normalized spacial score (nSPS) is 26.5. The minimum absolute atomic E-state index is 0.0273. The Morgan fingerprint density at radius 2 is 2.00 bits per heavy atom. The minimum Gasteiger partial charge on any atom is -0.316 e. The van der Waals surface area contributed by atoms with E-state index in [1.54, 1.807) is 6.92 Å². The van der Waals surface area contributed by atoms with Crippen molar-refractivity contribution in [3.63, 3.8) is 0 Å². The SMILES string of the molecule is CCN(CC(F)(F)F)CC1(CC)CCCNC1. The summed E-state index contributed by atoms with van der Waals surface area (Å²) in [7, 11) is 0. The van der Waals surface area contributed by atoms with E-state index >= 15 is 0 Å². The summed E-state index contributed by atoms with van der Waals surface area (Å²) >= 11 is 0. The molecule has 17 heavy (non-hydrogen) atoms. The van der Waals surface area contributed by atoms with E-state index in [9.17, 15) is 13.2 Å². The van der Waals surface area contributed by atoms with E-state index in [2.05, 4.69) is 12.2 Å². The molecule has 1 unspecified atom stereocenters. The monoisotopic (exact) mass is 252 g/mol. The zero-order valence-electron chi connectivity index (χ0n) is 10.7. The number of alkyl halides is 3. The molecule has 1 saturated heterocycles. The zero-order chi connectivity index (χ0) is 12.9. The molecule has 0 aromatic rings. The molecule has 1 fully saturated rings. The van der Waals surface area contributed by atoms with Gasteiger partial charge in [-0.25, -0.2) is 0 Å². The predicted octanol–water partition coefficient (Wildman–Crippen LogP) is 2.65. The summed E-state index contributed by atoms with van der Waals surface area (Å²) in [5, 5.41) is 3.31. The van der Waals surface area contributed by atoms with Crippen LogP contribution in [0.1, 0.15) is 33.1 Å².